The summed E-state index contributed by atoms with van der Waals surface area (Å²) in [5.74, 6) is -0.644. The second-order valence-corrected chi connectivity index (χ2v) is 7.66. The summed E-state index contributed by atoms with van der Waals surface area (Å²) >= 11 is 6.76. The van der Waals surface area contributed by atoms with E-state index in [0.717, 1.165) is 20.1 Å². The molecule has 8 heteroatoms. The molecule has 0 saturated carbocycles. The van der Waals surface area contributed by atoms with E-state index in [1.54, 1.807) is 0 Å². The molecule has 2 aromatic rings. The number of hydrogen-bond acceptors (Lipinski definition) is 4. The molecule has 0 unspecified atom stereocenters. The molecular weight excluding hydrogens is 488 g/mol. The van der Waals surface area contributed by atoms with Crippen LogP contribution in [0.5, 0.6) is 0 Å². The van der Waals surface area contributed by atoms with Gasteiger partial charge in [-0.1, -0.05) is 69.3 Å². The lowest BCUT2D eigenvalue weighted by molar-refractivity contribution is -0.127. The summed E-state index contributed by atoms with van der Waals surface area (Å²) in [6.45, 7) is 7.74. The van der Waals surface area contributed by atoms with Crippen molar-refractivity contribution >= 4 is 55.1 Å². The van der Waals surface area contributed by atoms with Crippen LogP contribution in [0.25, 0.3) is 11.4 Å². The second kappa shape index (κ2) is 10.7. The largest absolute Gasteiger partial charge is 0.299 e. The molecule has 0 radical (unpaired) electrons. The SMILES string of the molecule is C=C(NNC(=O)CCC(=O)NNC(=C)c1cccc(Br)c1)c1cccc(Br)c1. The summed E-state index contributed by atoms with van der Waals surface area (Å²) in [6.07, 6.45) is 0.0469. The van der Waals surface area contributed by atoms with E-state index >= 15 is 0 Å². The maximum atomic E-state index is 11.9. The van der Waals surface area contributed by atoms with Gasteiger partial charge in [0.05, 0.1) is 11.4 Å². The highest BCUT2D eigenvalue weighted by atomic mass is 79.9. The molecule has 0 aliphatic heterocycles. The quantitative estimate of drug-likeness (QED) is 0.388. The van der Waals surface area contributed by atoms with Crippen LogP contribution in [0.2, 0.25) is 0 Å². The summed E-state index contributed by atoms with van der Waals surface area (Å²) in [6, 6.07) is 15.0. The van der Waals surface area contributed by atoms with Crippen molar-refractivity contribution in [2.75, 3.05) is 0 Å². The highest BCUT2D eigenvalue weighted by Gasteiger charge is 2.08. The van der Waals surface area contributed by atoms with Crippen molar-refractivity contribution in [3.8, 4) is 0 Å². The zero-order chi connectivity index (χ0) is 20.5. The highest BCUT2D eigenvalue weighted by Crippen LogP contribution is 2.16. The van der Waals surface area contributed by atoms with Crippen LogP contribution in [0.1, 0.15) is 24.0 Å². The van der Waals surface area contributed by atoms with Crippen LogP contribution < -0.4 is 21.7 Å². The molecule has 2 rings (SSSR count). The maximum absolute atomic E-state index is 11.9. The Kier molecular flexibility index (Phi) is 8.28. The lowest BCUT2D eigenvalue weighted by Crippen LogP contribution is -2.38. The van der Waals surface area contributed by atoms with E-state index in [0.29, 0.717) is 11.4 Å². The van der Waals surface area contributed by atoms with Crippen molar-refractivity contribution in [1.82, 2.24) is 21.7 Å². The molecule has 2 amide bonds. The van der Waals surface area contributed by atoms with Crippen LogP contribution in [0, 0.1) is 0 Å². The third kappa shape index (κ3) is 7.21. The van der Waals surface area contributed by atoms with Crippen molar-refractivity contribution in [3.63, 3.8) is 0 Å². The Morgan fingerprint density at radius 1 is 0.714 bits per heavy atom. The maximum Gasteiger partial charge on any atom is 0.238 e. The lowest BCUT2D eigenvalue weighted by atomic mass is 10.2. The van der Waals surface area contributed by atoms with Gasteiger partial charge < -0.3 is 0 Å². The summed E-state index contributed by atoms with van der Waals surface area (Å²) in [7, 11) is 0. The number of benzene rings is 2. The number of nitrogens with one attached hydrogen (secondary N) is 4. The molecular formula is C20H20Br2N4O2. The molecule has 0 aliphatic rings. The topological polar surface area (TPSA) is 82.3 Å². The minimum Gasteiger partial charge on any atom is -0.299 e. The fraction of sp³-hybridized carbons (Fsp3) is 0.100. The molecule has 146 valence electrons. The molecule has 28 heavy (non-hydrogen) atoms. The molecule has 0 spiro atoms. The molecule has 0 saturated heterocycles. The van der Waals surface area contributed by atoms with Gasteiger partial charge in [0.1, 0.15) is 0 Å². The van der Waals surface area contributed by atoms with Crippen molar-refractivity contribution in [2.45, 2.75) is 12.8 Å². The summed E-state index contributed by atoms with van der Waals surface area (Å²) in [4.78, 5) is 23.8. The molecule has 0 aliphatic carbocycles. The molecule has 4 N–H and O–H groups in total. The first-order chi connectivity index (χ1) is 13.3. The molecule has 0 aromatic heterocycles. The Morgan fingerprint density at radius 3 is 1.46 bits per heavy atom. The average molecular weight is 508 g/mol. The van der Waals surface area contributed by atoms with Gasteiger partial charge in [-0.05, 0) is 35.4 Å². The Bertz CT molecular complexity index is 826. The van der Waals surface area contributed by atoms with Gasteiger partial charge >= 0.3 is 0 Å². The van der Waals surface area contributed by atoms with Crippen molar-refractivity contribution in [3.05, 3.63) is 81.8 Å². The van der Waals surface area contributed by atoms with Crippen LogP contribution in [0.4, 0.5) is 0 Å². The standard InChI is InChI=1S/C20H20Br2N4O2/c1-13(15-5-3-7-17(21)11-15)23-25-19(27)9-10-20(28)26-24-14(2)16-6-4-8-18(22)12-16/h3-8,11-12,23-24H,1-2,9-10H2,(H,25,27)(H,26,28). The second-order valence-electron chi connectivity index (χ2n) is 5.82. The Labute approximate surface area is 180 Å². The molecule has 2 aromatic carbocycles. The monoisotopic (exact) mass is 506 g/mol. The predicted molar refractivity (Wildman–Crippen MR) is 118 cm³/mol. The fourth-order valence-corrected chi connectivity index (χ4v) is 2.94. The minimum absolute atomic E-state index is 0.0235. The zero-order valence-corrected chi connectivity index (χ0v) is 18.2. The smallest absolute Gasteiger partial charge is 0.238 e. The Balaban J connectivity index is 1.68. The Hall–Kier alpha value is -2.58. The highest BCUT2D eigenvalue weighted by molar-refractivity contribution is 9.10. The van der Waals surface area contributed by atoms with E-state index in [4.69, 9.17) is 0 Å². The van der Waals surface area contributed by atoms with E-state index in [1.807, 2.05) is 48.5 Å². The van der Waals surface area contributed by atoms with E-state index in [2.05, 4.69) is 66.7 Å². The summed E-state index contributed by atoms with van der Waals surface area (Å²) in [5, 5.41) is 0. The molecule has 0 heterocycles. The van der Waals surface area contributed by atoms with Crippen molar-refractivity contribution in [1.29, 1.82) is 0 Å². The van der Waals surface area contributed by atoms with Gasteiger partial charge in [-0.25, -0.2) is 0 Å². The van der Waals surface area contributed by atoms with E-state index in [-0.39, 0.29) is 24.7 Å². The summed E-state index contributed by atoms with van der Waals surface area (Å²) < 4.78 is 1.82. The summed E-state index contributed by atoms with van der Waals surface area (Å²) in [5.41, 5.74) is 13.3. The van der Waals surface area contributed by atoms with Crippen LogP contribution in [0.15, 0.2) is 70.6 Å². The van der Waals surface area contributed by atoms with Gasteiger partial charge in [0, 0.05) is 21.8 Å². The van der Waals surface area contributed by atoms with E-state index in [9.17, 15) is 9.59 Å². The molecule has 0 atom stereocenters. The zero-order valence-electron chi connectivity index (χ0n) is 15.0. The number of hydrazine groups is 2. The first kappa shape index (κ1) is 21.7. The fourth-order valence-electron chi connectivity index (χ4n) is 2.14. The minimum atomic E-state index is -0.322. The first-order valence-corrected chi connectivity index (χ1v) is 9.93. The predicted octanol–water partition coefficient (Wildman–Crippen LogP) is 3.88. The lowest BCUT2D eigenvalue weighted by Gasteiger charge is -2.13. The van der Waals surface area contributed by atoms with E-state index < -0.39 is 0 Å². The molecule has 0 bridgehead atoms. The van der Waals surface area contributed by atoms with Crippen molar-refractivity contribution in [2.24, 2.45) is 0 Å². The number of carbonyl (C=O) groups is 2. The van der Waals surface area contributed by atoms with E-state index in [1.165, 1.54) is 0 Å². The molecule has 0 fully saturated rings. The average Bonchev–Trinajstić information content (AvgIpc) is 2.68. The number of hydrogen-bond donors (Lipinski definition) is 4. The number of carbonyl (C=O) groups excluding carboxylic acids is 2. The third-order valence-corrected chi connectivity index (χ3v) is 4.62. The van der Waals surface area contributed by atoms with Gasteiger partial charge in [0.25, 0.3) is 0 Å². The van der Waals surface area contributed by atoms with Crippen LogP contribution in [-0.4, -0.2) is 11.8 Å². The third-order valence-electron chi connectivity index (χ3n) is 3.63. The normalized spacial score (nSPS) is 9.93. The van der Waals surface area contributed by atoms with Crippen molar-refractivity contribution < 1.29 is 9.59 Å². The number of amides is 2. The van der Waals surface area contributed by atoms with Crippen LogP contribution in [-0.2, 0) is 9.59 Å². The first-order valence-electron chi connectivity index (χ1n) is 8.34. The van der Waals surface area contributed by atoms with Crippen LogP contribution >= 0.6 is 31.9 Å². The van der Waals surface area contributed by atoms with Gasteiger partial charge in [-0.3, -0.25) is 31.3 Å². The van der Waals surface area contributed by atoms with Crippen LogP contribution in [0.3, 0.4) is 0 Å². The molecule has 6 nitrogen and oxygen atoms in total. The van der Waals surface area contributed by atoms with Gasteiger partial charge in [-0.15, -0.1) is 0 Å². The number of halogens is 2. The number of rotatable bonds is 9. The van der Waals surface area contributed by atoms with Gasteiger partial charge in [-0.2, -0.15) is 0 Å². The Morgan fingerprint density at radius 2 is 1.11 bits per heavy atom. The van der Waals surface area contributed by atoms with Gasteiger partial charge in [0.15, 0.2) is 0 Å². The van der Waals surface area contributed by atoms with Gasteiger partial charge in [0.2, 0.25) is 11.8 Å².